The van der Waals surface area contributed by atoms with Gasteiger partial charge in [-0.1, -0.05) is 6.07 Å². The second kappa shape index (κ2) is 5.82. The standard InChI is InChI=1S/C12H9N3O6/c1-20-10-9(15(18)19)11(14-6-13-10)21-8-4-2-3-7(5-8)12(16)17/h2-6H,1H3,(H,16,17). The number of carbonyl (C=O) groups is 1. The van der Waals surface area contributed by atoms with Gasteiger partial charge in [0.05, 0.1) is 17.6 Å². The molecule has 1 aromatic carbocycles. The Kier molecular flexibility index (Phi) is 3.93. The van der Waals surface area contributed by atoms with E-state index in [1.54, 1.807) is 0 Å². The molecule has 21 heavy (non-hydrogen) atoms. The first-order valence-electron chi connectivity index (χ1n) is 5.57. The van der Waals surface area contributed by atoms with Crippen molar-refractivity contribution in [1.82, 2.24) is 9.97 Å². The van der Waals surface area contributed by atoms with E-state index in [2.05, 4.69) is 9.97 Å². The highest BCUT2D eigenvalue weighted by atomic mass is 16.6. The van der Waals surface area contributed by atoms with Crippen LogP contribution < -0.4 is 9.47 Å². The Bertz CT molecular complexity index is 703. The lowest BCUT2D eigenvalue weighted by molar-refractivity contribution is -0.387. The van der Waals surface area contributed by atoms with Crippen LogP contribution in [-0.2, 0) is 0 Å². The molecule has 2 aromatic rings. The van der Waals surface area contributed by atoms with Gasteiger partial charge >= 0.3 is 23.4 Å². The van der Waals surface area contributed by atoms with Crippen molar-refractivity contribution in [1.29, 1.82) is 0 Å². The molecule has 0 saturated heterocycles. The monoisotopic (exact) mass is 291 g/mol. The molecule has 0 fully saturated rings. The number of methoxy groups -OCH3 is 1. The zero-order valence-corrected chi connectivity index (χ0v) is 10.7. The number of rotatable bonds is 5. The minimum Gasteiger partial charge on any atom is -0.478 e. The number of hydrogen-bond acceptors (Lipinski definition) is 7. The minimum absolute atomic E-state index is 0.0174. The summed E-state index contributed by atoms with van der Waals surface area (Å²) in [6, 6.07) is 5.48. The molecule has 9 heteroatoms. The summed E-state index contributed by atoms with van der Waals surface area (Å²) in [5.74, 6) is -1.64. The summed E-state index contributed by atoms with van der Waals surface area (Å²) >= 11 is 0. The van der Waals surface area contributed by atoms with E-state index in [0.717, 1.165) is 6.33 Å². The summed E-state index contributed by atoms with van der Waals surface area (Å²) in [5, 5.41) is 19.9. The van der Waals surface area contributed by atoms with Gasteiger partial charge < -0.3 is 14.6 Å². The van der Waals surface area contributed by atoms with Crippen molar-refractivity contribution >= 4 is 11.7 Å². The largest absolute Gasteiger partial charge is 0.478 e. The lowest BCUT2D eigenvalue weighted by atomic mass is 10.2. The average Bonchev–Trinajstić information content (AvgIpc) is 2.46. The zero-order valence-electron chi connectivity index (χ0n) is 10.7. The van der Waals surface area contributed by atoms with Crippen LogP contribution in [0, 0.1) is 10.1 Å². The molecule has 9 nitrogen and oxygen atoms in total. The molecular formula is C12H9N3O6. The summed E-state index contributed by atoms with van der Waals surface area (Å²) in [7, 11) is 1.23. The van der Waals surface area contributed by atoms with Gasteiger partial charge in [0.15, 0.2) is 0 Å². The molecule has 2 rings (SSSR count). The minimum atomic E-state index is -1.14. The Morgan fingerprint density at radius 2 is 2.05 bits per heavy atom. The van der Waals surface area contributed by atoms with E-state index in [0.29, 0.717) is 0 Å². The molecular weight excluding hydrogens is 282 g/mol. The van der Waals surface area contributed by atoms with Crippen LogP contribution >= 0.6 is 0 Å². The van der Waals surface area contributed by atoms with Crippen molar-refractivity contribution < 1.29 is 24.3 Å². The van der Waals surface area contributed by atoms with Gasteiger partial charge in [0.2, 0.25) is 0 Å². The van der Waals surface area contributed by atoms with E-state index in [1.165, 1.54) is 31.4 Å². The third-order valence-electron chi connectivity index (χ3n) is 2.43. The molecule has 0 aliphatic carbocycles. The highest BCUT2D eigenvalue weighted by Gasteiger charge is 2.26. The van der Waals surface area contributed by atoms with Gasteiger partial charge in [-0.2, -0.15) is 9.97 Å². The van der Waals surface area contributed by atoms with Gasteiger partial charge in [-0.25, -0.2) is 4.79 Å². The normalized spacial score (nSPS) is 9.95. The highest BCUT2D eigenvalue weighted by Crippen LogP contribution is 2.35. The number of carboxylic acids is 1. The van der Waals surface area contributed by atoms with Gasteiger partial charge in [0, 0.05) is 0 Å². The van der Waals surface area contributed by atoms with Crippen LogP contribution in [0.5, 0.6) is 17.5 Å². The zero-order chi connectivity index (χ0) is 15.4. The molecule has 0 spiro atoms. The van der Waals surface area contributed by atoms with Crippen molar-refractivity contribution in [3.8, 4) is 17.5 Å². The molecule has 0 radical (unpaired) electrons. The first kappa shape index (κ1) is 14.2. The van der Waals surface area contributed by atoms with E-state index < -0.39 is 16.6 Å². The predicted octanol–water partition coefficient (Wildman–Crippen LogP) is 1.88. The topological polar surface area (TPSA) is 125 Å². The summed E-state index contributed by atoms with van der Waals surface area (Å²) in [5.41, 5.74) is -0.558. The fourth-order valence-corrected chi connectivity index (χ4v) is 1.53. The van der Waals surface area contributed by atoms with Crippen LogP contribution in [0.1, 0.15) is 10.4 Å². The van der Waals surface area contributed by atoms with Crippen LogP contribution in [0.25, 0.3) is 0 Å². The molecule has 0 aliphatic rings. The predicted molar refractivity (Wildman–Crippen MR) is 68.7 cm³/mol. The molecule has 0 saturated carbocycles. The summed E-state index contributed by atoms with van der Waals surface area (Å²) in [4.78, 5) is 28.5. The SMILES string of the molecule is COc1ncnc(Oc2cccc(C(=O)O)c2)c1[N+](=O)[O-]. The average molecular weight is 291 g/mol. The number of hydrogen-bond donors (Lipinski definition) is 1. The van der Waals surface area contributed by atoms with Crippen LogP contribution in [0.15, 0.2) is 30.6 Å². The Morgan fingerprint density at radius 1 is 1.33 bits per heavy atom. The van der Waals surface area contributed by atoms with Gasteiger partial charge in [-0.05, 0) is 18.2 Å². The van der Waals surface area contributed by atoms with E-state index in [1.807, 2.05) is 0 Å². The third kappa shape index (κ3) is 3.03. The molecule has 108 valence electrons. The number of ether oxygens (including phenoxy) is 2. The van der Waals surface area contributed by atoms with Crippen LogP contribution in [0.2, 0.25) is 0 Å². The summed E-state index contributed by atoms with van der Waals surface area (Å²) in [6.07, 6.45) is 1.04. The van der Waals surface area contributed by atoms with Crippen molar-refractivity contribution in [3.63, 3.8) is 0 Å². The Morgan fingerprint density at radius 3 is 2.67 bits per heavy atom. The second-order valence-electron chi connectivity index (χ2n) is 3.73. The Hall–Kier alpha value is -3.23. The fraction of sp³-hybridized carbons (Fsp3) is 0.0833. The Balaban J connectivity index is 2.42. The van der Waals surface area contributed by atoms with Crippen molar-refractivity contribution in [2.45, 2.75) is 0 Å². The first-order valence-corrected chi connectivity index (χ1v) is 5.57. The first-order chi connectivity index (χ1) is 10.0. The fourth-order valence-electron chi connectivity index (χ4n) is 1.53. The molecule has 0 amide bonds. The number of nitro groups is 1. The van der Waals surface area contributed by atoms with Crippen molar-refractivity contribution in [3.05, 3.63) is 46.3 Å². The molecule has 0 unspecified atom stereocenters. The van der Waals surface area contributed by atoms with Gasteiger partial charge in [0.25, 0.3) is 0 Å². The van der Waals surface area contributed by atoms with E-state index in [9.17, 15) is 14.9 Å². The van der Waals surface area contributed by atoms with Crippen molar-refractivity contribution in [2.75, 3.05) is 7.11 Å². The van der Waals surface area contributed by atoms with E-state index in [-0.39, 0.29) is 23.1 Å². The van der Waals surface area contributed by atoms with Gasteiger partial charge in [-0.15, -0.1) is 0 Å². The maximum atomic E-state index is 11.0. The second-order valence-corrected chi connectivity index (χ2v) is 3.73. The van der Waals surface area contributed by atoms with Crippen LogP contribution in [0.3, 0.4) is 0 Å². The van der Waals surface area contributed by atoms with E-state index >= 15 is 0 Å². The number of nitrogens with zero attached hydrogens (tertiary/aromatic N) is 3. The van der Waals surface area contributed by atoms with E-state index in [4.69, 9.17) is 14.6 Å². The Labute approximate surface area is 117 Å². The smallest absolute Gasteiger partial charge is 0.392 e. The molecule has 0 aliphatic heterocycles. The van der Waals surface area contributed by atoms with Crippen LogP contribution in [0.4, 0.5) is 5.69 Å². The number of aromatic nitrogens is 2. The molecule has 1 N–H and O–H groups in total. The third-order valence-corrected chi connectivity index (χ3v) is 2.43. The maximum Gasteiger partial charge on any atom is 0.392 e. The lowest BCUT2D eigenvalue weighted by Crippen LogP contribution is -2.02. The van der Waals surface area contributed by atoms with Gasteiger partial charge in [-0.3, -0.25) is 10.1 Å². The maximum absolute atomic E-state index is 11.0. The lowest BCUT2D eigenvalue weighted by Gasteiger charge is -2.07. The number of aromatic carboxylic acids is 1. The van der Waals surface area contributed by atoms with Gasteiger partial charge in [0.1, 0.15) is 12.1 Å². The quantitative estimate of drug-likeness (QED) is 0.653. The van der Waals surface area contributed by atoms with Crippen LogP contribution in [-0.4, -0.2) is 33.1 Å². The number of benzene rings is 1. The summed E-state index contributed by atoms with van der Waals surface area (Å²) < 4.78 is 10.0. The van der Waals surface area contributed by atoms with Crippen molar-refractivity contribution in [2.24, 2.45) is 0 Å². The number of carboxylic acid groups (broad SMARTS) is 1. The molecule has 1 heterocycles. The molecule has 1 aromatic heterocycles. The highest BCUT2D eigenvalue weighted by molar-refractivity contribution is 5.88. The summed E-state index contributed by atoms with van der Waals surface area (Å²) in [6.45, 7) is 0. The molecule has 0 atom stereocenters. The molecule has 0 bridgehead atoms.